The molecule has 0 amide bonds. The molecule has 5 nitrogen and oxygen atoms in total. The highest BCUT2D eigenvalue weighted by Gasteiger charge is 2.46. The van der Waals surface area contributed by atoms with Crippen LogP contribution < -0.4 is 5.32 Å². The second-order valence-corrected chi connectivity index (χ2v) is 19.5. The fourth-order valence-corrected chi connectivity index (χ4v) is 12.9. The fourth-order valence-electron chi connectivity index (χ4n) is 11.7. The molecule has 0 saturated carbocycles. The number of benzene rings is 10. The molecule has 2 aliphatic rings. The van der Waals surface area contributed by atoms with Gasteiger partial charge in [-0.3, -0.25) is 0 Å². The van der Waals surface area contributed by atoms with Crippen molar-refractivity contribution in [3.05, 3.63) is 269 Å². The number of fused-ring (bicyclic) bond motifs is 13. The molecule has 0 saturated heterocycles. The second kappa shape index (κ2) is 15.1. The summed E-state index contributed by atoms with van der Waals surface area (Å²) in [6.07, 6.45) is -0.359. The van der Waals surface area contributed by atoms with E-state index in [9.17, 15) is 0 Å². The molecule has 4 heterocycles. The average molecular weight is 913 g/mol. The van der Waals surface area contributed by atoms with Crippen LogP contribution in [0, 0.1) is 0 Å². The summed E-state index contributed by atoms with van der Waals surface area (Å²) < 4.78 is 11.4. The van der Waals surface area contributed by atoms with Crippen molar-refractivity contribution in [1.82, 2.24) is 9.88 Å². The number of hydrogen-bond donors (Lipinski definition) is 1. The molecule has 0 fully saturated rings. The third kappa shape index (κ3) is 5.59. The molecule has 328 valence electrons. The summed E-state index contributed by atoms with van der Waals surface area (Å²) in [5, 5.41) is 10.7. The van der Waals surface area contributed by atoms with Gasteiger partial charge in [0.1, 0.15) is 23.2 Å². The Morgan fingerprint density at radius 3 is 1.93 bits per heavy atom. The molecule has 10 aromatic carbocycles. The molecule has 1 unspecified atom stereocenters. The molecular formula is C64H40N4OS. The Hall–Kier alpha value is -8.84. The van der Waals surface area contributed by atoms with Crippen molar-refractivity contribution in [2.24, 2.45) is 9.98 Å². The number of rotatable bonds is 6. The Bertz CT molecular complexity index is 4280. The number of nitrogens with zero attached hydrogens (tertiary/aromatic N) is 3. The van der Waals surface area contributed by atoms with Crippen LogP contribution >= 0.6 is 11.3 Å². The number of hydrogen-bond acceptors (Lipinski definition) is 5. The number of thiophene rings is 1. The lowest BCUT2D eigenvalue weighted by atomic mass is 9.67. The van der Waals surface area contributed by atoms with Crippen LogP contribution in [0.2, 0.25) is 0 Å². The van der Waals surface area contributed by atoms with E-state index < -0.39 is 5.41 Å². The molecule has 13 aromatic rings. The van der Waals surface area contributed by atoms with Crippen LogP contribution in [-0.4, -0.2) is 16.2 Å². The van der Waals surface area contributed by atoms with Gasteiger partial charge < -0.3 is 14.3 Å². The third-order valence-electron chi connectivity index (χ3n) is 14.7. The van der Waals surface area contributed by atoms with Gasteiger partial charge in [-0.1, -0.05) is 170 Å². The highest BCUT2D eigenvalue weighted by molar-refractivity contribution is 7.26. The largest absolute Gasteiger partial charge is 0.455 e. The Kier molecular flexibility index (Phi) is 8.44. The van der Waals surface area contributed by atoms with Gasteiger partial charge in [-0.05, 0) is 99.6 Å². The first kappa shape index (κ1) is 39.2. The lowest BCUT2D eigenvalue weighted by Crippen LogP contribution is -2.33. The maximum atomic E-state index is 6.66. The van der Waals surface area contributed by atoms with Gasteiger partial charge in [-0.15, -0.1) is 11.3 Å². The summed E-state index contributed by atoms with van der Waals surface area (Å²) in [7, 11) is 0. The van der Waals surface area contributed by atoms with E-state index in [0.29, 0.717) is 5.84 Å². The third-order valence-corrected chi connectivity index (χ3v) is 15.9. The van der Waals surface area contributed by atoms with E-state index in [-0.39, 0.29) is 6.17 Å². The van der Waals surface area contributed by atoms with E-state index in [4.69, 9.17) is 14.4 Å². The summed E-state index contributed by atoms with van der Waals surface area (Å²) in [6.45, 7) is 0. The Morgan fingerprint density at radius 1 is 0.500 bits per heavy atom. The van der Waals surface area contributed by atoms with Gasteiger partial charge >= 0.3 is 0 Å². The monoisotopic (exact) mass is 912 g/mol. The van der Waals surface area contributed by atoms with Crippen molar-refractivity contribution in [1.29, 1.82) is 0 Å². The van der Waals surface area contributed by atoms with Crippen molar-refractivity contribution >= 4 is 86.9 Å². The zero-order chi connectivity index (χ0) is 45.9. The number of aromatic nitrogens is 1. The van der Waals surface area contributed by atoms with Crippen LogP contribution in [0.15, 0.2) is 245 Å². The molecule has 6 heteroatoms. The number of furan rings is 1. The standard InChI is InChI=1S/C64H40N4OS/c1-4-18-39(19-5-1)61-65-62(67-63(66-61)51-37-50-46-26-12-16-30-56(46)69-59(50)58-47-27-13-17-31-57(47)70-60(51)58)40-32-34-43(35-33-40)68-54-29-15-11-25-45(54)49-36-48-44-24-10-14-28-52(44)64(53(48)38-55(49)68,41-20-6-2-7-21-41)42-22-8-3-9-23-42/h1-38,61H,(H,65,66,67). The first-order valence-electron chi connectivity index (χ1n) is 23.8. The van der Waals surface area contributed by atoms with E-state index >= 15 is 0 Å². The van der Waals surface area contributed by atoms with Crippen LogP contribution in [0.5, 0.6) is 0 Å². The van der Waals surface area contributed by atoms with Gasteiger partial charge in [0.25, 0.3) is 0 Å². The zero-order valence-corrected chi connectivity index (χ0v) is 38.5. The summed E-state index contributed by atoms with van der Waals surface area (Å²) in [4.78, 5) is 10.8. The summed E-state index contributed by atoms with van der Waals surface area (Å²) in [6, 6.07) is 83.3. The highest BCUT2D eigenvalue weighted by Crippen LogP contribution is 2.57. The molecule has 0 bridgehead atoms. The minimum absolute atomic E-state index is 0.359. The van der Waals surface area contributed by atoms with Gasteiger partial charge in [0, 0.05) is 53.8 Å². The number of para-hydroxylation sites is 2. The van der Waals surface area contributed by atoms with Crippen LogP contribution in [0.3, 0.4) is 0 Å². The molecule has 1 aliphatic carbocycles. The van der Waals surface area contributed by atoms with Crippen LogP contribution in [-0.2, 0) is 5.41 Å². The van der Waals surface area contributed by atoms with Gasteiger partial charge in [0.2, 0.25) is 0 Å². The molecule has 1 N–H and O–H groups in total. The maximum absolute atomic E-state index is 6.66. The summed E-state index contributed by atoms with van der Waals surface area (Å²) in [5.74, 6) is 1.46. The number of amidine groups is 2. The van der Waals surface area contributed by atoms with E-state index in [1.807, 2.05) is 6.07 Å². The van der Waals surface area contributed by atoms with Crippen molar-refractivity contribution in [2.75, 3.05) is 0 Å². The number of nitrogens with one attached hydrogen (secondary N) is 1. The van der Waals surface area contributed by atoms with E-state index in [1.54, 1.807) is 11.3 Å². The van der Waals surface area contributed by atoms with Crippen molar-refractivity contribution in [3.63, 3.8) is 0 Å². The van der Waals surface area contributed by atoms with E-state index in [0.717, 1.165) is 71.3 Å². The lowest BCUT2D eigenvalue weighted by molar-refractivity contribution is 0.672. The average Bonchev–Trinajstić information content (AvgIpc) is 4.18. The Morgan fingerprint density at radius 2 is 1.14 bits per heavy atom. The minimum Gasteiger partial charge on any atom is -0.455 e. The molecule has 0 spiro atoms. The molecule has 1 aliphatic heterocycles. The highest BCUT2D eigenvalue weighted by atomic mass is 32.1. The van der Waals surface area contributed by atoms with E-state index in [2.05, 4.69) is 234 Å². The Balaban J connectivity index is 0.918. The minimum atomic E-state index is -0.511. The van der Waals surface area contributed by atoms with Crippen molar-refractivity contribution in [3.8, 4) is 16.8 Å². The first-order chi connectivity index (χ1) is 34.7. The normalized spacial score (nSPS) is 15.1. The van der Waals surface area contributed by atoms with Gasteiger partial charge in [-0.25, -0.2) is 9.98 Å². The second-order valence-electron chi connectivity index (χ2n) is 18.4. The maximum Gasteiger partial charge on any atom is 0.159 e. The van der Waals surface area contributed by atoms with Crippen molar-refractivity contribution < 1.29 is 4.42 Å². The van der Waals surface area contributed by atoms with Gasteiger partial charge in [0.05, 0.1) is 21.1 Å². The van der Waals surface area contributed by atoms with E-state index in [1.165, 1.54) is 54.2 Å². The topological polar surface area (TPSA) is 54.8 Å². The SMILES string of the molecule is c1ccc(C2N=C(c3ccc(-n4c5ccccc5c5cc6c(cc54)C(c4ccccc4)(c4ccccc4)c4ccccc4-6)cc3)N=C(c3cc4c5ccccc5oc4c4c3sc3ccccc34)N2)cc1. The quantitative estimate of drug-likeness (QED) is 0.181. The molecule has 1 atom stereocenters. The van der Waals surface area contributed by atoms with Crippen LogP contribution in [0.1, 0.15) is 45.1 Å². The van der Waals surface area contributed by atoms with Crippen molar-refractivity contribution in [2.45, 2.75) is 11.6 Å². The number of aliphatic imine (C=N–C) groups is 2. The zero-order valence-electron chi connectivity index (χ0n) is 37.7. The van der Waals surface area contributed by atoms with Crippen LogP contribution in [0.4, 0.5) is 0 Å². The predicted octanol–water partition coefficient (Wildman–Crippen LogP) is 15.9. The summed E-state index contributed by atoms with van der Waals surface area (Å²) >= 11 is 1.78. The molecule has 15 rings (SSSR count). The summed E-state index contributed by atoms with van der Waals surface area (Å²) in [5.41, 5.74) is 15.3. The molecular weight excluding hydrogens is 873 g/mol. The molecule has 3 aromatic heterocycles. The van der Waals surface area contributed by atoms with Gasteiger partial charge in [-0.2, -0.15) is 0 Å². The molecule has 70 heavy (non-hydrogen) atoms. The first-order valence-corrected chi connectivity index (χ1v) is 24.7. The fraction of sp³-hybridized carbons (Fsp3) is 0.0312. The Labute approximate surface area is 407 Å². The smallest absolute Gasteiger partial charge is 0.159 e. The van der Waals surface area contributed by atoms with Crippen LogP contribution in [0.25, 0.3) is 80.7 Å². The predicted molar refractivity (Wildman–Crippen MR) is 290 cm³/mol. The lowest BCUT2D eigenvalue weighted by Gasteiger charge is -2.34. The van der Waals surface area contributed by atoms with Gasteiger partial charge in [0.15, 0.2) is 5.84 Å². The molecule has 0 radical (unpaired) electrons.